The van der Waals surface area contributed by atoms with E-state index in [2.05, 4.69) is 28.3 Å². The van der Waals surface area contributed by atoms with Gasteiger partial charge in [0.05, 0.1) is 5.56 Å². The van der Waals surface area contributed by atoms with Crippen molar-refractivity contribution in [2.24, 2.45) is 5.92 Å². The lowest BCUT2D eigenvalue weighted by Crippen LogP contribution is -2.35. The molecule has 4 heteroatoms. The summed E-state index contributed by atoms with van der Waals surface area (Å²) in [5, 5.41) is 12.4. The minimum atomic E-state index is 0.629. The Balaban J connectivity index is 1.97. The first-order valence-electron chi connectivity index (χ1n) is 6.49. The Labute approximate surface area is 109 Å². The number of pyridine rings is 1. The van der Waals surface area contributed by atoms with Gasteiger partial charge < -0.3 is 10.2 Å². The van der Waals surface area contributed by atoms with E-state index in [9.17, 15) is 0 Å². The smallest absolute Gasteiger partial charge is 0.144 e. The molecule has 1 fully saturated rings. The molecule has 18 heavy (non-hydrogen) atoms. The summed E-state index contributed by atoms with van der Waals surface area (Å²) < 4.78 is 0. The number of rotatable bonds is 3. The number of aromatic nitrogens is 1. The largest absolute Gasteiger partial charge is 0.369 e. The van der Waals surface area contributed by atoms with Crippen LogP contribution >= 0.6 is 0 Å². The van der Waals surface area contributed by atoms with E-state index in [-0.39, 0.29) is 0 Å². The SMILES string of the molecule is Cc1ccc(C#N)c(NCC2CCCN(C)C2)n1. The third kappa shape index (κ3) is 3.21. The predicted octanol–water partition coefficient (Wildman–Crippen LogP) is 2.02. The van der Waals surface area contributed by atoms with Crippen molar-refractivity contribution in [1.82, 2.24) is 9.88 Å². The molecule has 4 nitrogen and oxygen atoms in total. The van der Waals surface area contributed by atoms with E-state index in [1.807, 2.05) is 19.1 Å². The van der Waals surface area contributed by atoms with Gasteiger partial charge in [0.15, 0.2) is 0 Å². The van der Waals surface area contributed by atoms with Crippen molar-refractivity contribution >= 4 is 5.82 Å². The molecule has 1 unspecified atom stereocenters. The highest BCUT2D eigenvalue weighted by molar-refractivity contribution is 5.52. The molecular weight excluding hydrogens is 224 g/mol. The second kappa shape index (κ2) is 5.83. The van der Waals surface area contributed by atoms with Gasteiger partial charge in [0, 0.05) is 18.8 Å². The summed E-state index contributed by atoms with van der Waals surface area (Å²) in [4.78, 5) is 6.77. The Morgan fingerprint density at radius 2 is 2.39 bits per heavy atom. The molecular formula is C14H20N4. The molecule has 96 valence electrons. The third-order valence-corrected chi connectivity index (χ3v) is 3.44. The highest BCUT2D eigenvalue weighted by Crippen LogP contribution is 2.17. The summed E-state index contributed by atoms with van der Waals surface area (Å²) in [6, 6.07) is 5.89. The summed E-state index contributed by atoms with van der Waals surface area (Å²) >= 11 is 0. The molecule has 1 aromatic heterocycles. The van der Waals surface area contributed by atoms with Crippen LogP contribution in [0.3, 0.4) is 0 Å². The third-order valence-electron chi connectivity index (χ3n) is 3.44. The monoisotopic (exact) mass is 244 g/mol. The number of nitrogens with zero attached hydrogens (tertiary/aromatic N) is 3. The lowest BCUT2D eigenvalue weighted by Gasteiger charge is -2.29. The van der Waals surface area contributed by atoms with Crippen molar-refractivity contribution < 1.29 is 0 Å². The van der Waals surface area contributed by atoms with Crippen LogP contribution in [0.5, 0.6) is 0 Å². The van der Waals surface area contributed by atoms with Crippen molar-refractivity contribution in [2.75, 3.05) is 32.0 Å². The zero-order valence-corrected chi connectivity index (χ0v) is 11.1. The second-order valence-electron chi connectivity index (χ2n) is 5.11. The predicted molar refractivity (Wildman–Crippen MR) is 72.4 cm³/mol. The molecule has 1 aliphatic heterocycles. The topological polar surface area (TPSA) is 52.0 Å². The van der Waals surface area contributed by atoms with Crippen LogP contribution in [0.1, 0.15) is 24.1 Å². The van der Waals surface area contributed by atoms with Crippen LogP contribution in [0.15, 0.2) is 12.1 Å². The van der Waals surface area contributed by atoms with Gasteiger partial charge in [-0.15, -0.1) is 0 Å². The molecule has 2 heterocycles. The van der Waals surface area contributed by atoms with E-state index >= 15 is 0 Å². The van der Waals surface area contributed by atoms with Gasteiger partial charge in [-0.25, -0.2) is 4.98 Å². The lowest BCUT2D eigenvalue weighted by molar-refractivity contribution is 0.217. The van der Waals surface area contributed by atoms with Gasteiger partial charge in [0.1, 0.15) is 11.9 Å². The molecule has 1 N–H and O–H groups in total. The average Bonchev–Trinajstić information content (AvgIpc) is 2.37. The molecule has 1 atom stereocenters. The zero-order valence-electron chi connectivity index (χ0n) is 11.1. The maximum atomic E-state index is 9.05. The number of nitriles is 1. The van der Waals surface area contributed by atoms with E-state index in [0.717, 1.165) is 24.6 Å². The maximum Gasteiger partial charge on any atom is 0.144 e. The molecule has 0 aliphatic carbocycles. The lowest BCUT2D eigenvalue weighted by atomic mass is 9.98. The summed E-state index contributed by atoms with van der Waals surface area (Å²) in [5.41, 5.74) is 1.57. The first-order chi connectivity index (χ1) is 8.69. The summed E-state index contributed by atoms with van der Waals surface area (Å²) in [6.45, 7) is 5.17. The molecule has 0 spiro atoms. The number of hydrogen-bond donors (Lipinski definition) is 1. The van der Waals surface area contributed by atoms with E-state index < -0.39 is 0 Å². The number of piperidine rings is 1. The fourth-order valence-corrected chi connectivity index (χ4v) is 2.46. The average molecular weight is 244 g/mol. The summed E-state index contributed by atoms with van der Waals surface area (Å²) in [5.74, 6) is 1.38. The van der Waals surface area contributed by atoms with E-state index in [0.29, 0.717) is 11.5 Å². The van der Waals surface area contributed by atoms with Crippen LogP contribution in [-0.4, -0.2) is 36.6 Å². The van der Waals surface area contributed by atoms with Crippen LogP contribution in [-0.2, 0) is 0 Å². The van der Waals surface area contributed by atoms with Gasteiger partial charge >= 0.3 is 0 Å². The molecule has 1 aliphatic rings. The van der Waals surface area contributed by atoms with Gasteiger partial charge in [-0.1, -0.05) is 0 Å². The molecule has 0 aromatic carbocycles. The Hall–Kier alpha value is -1.60. The van der Waals surface area contributed by atoms with Crippen LogP contribution < -0.4 is 5.32 Å². The molecule has 0 saturated carbocycles. The van der Waals surface area contributed by atoms with Crippen LogP contribution in [0, 0.1) is 24.2 Å². The van der Waals surface area contributed by atoms with Crippen LogP contribution in [0.4, 0.5) is 5.82 Å². The number of likely N-dealkylation sites (tertiary alicyclic amines) is 1. The van der Waals surface area contributed by atoms with E-state index in [1.54, 1.807) is 0 Å². The van der Waals surface area contributed by atoms with E-state index in [1.165, 1.54) is 19.4 Å². The van der Waals surface area contributed by atoms with Crippen molar-refractivity contribution in [2.45, 2.75) is 19.8 Å². The molecule has 2 rings (SSSR count). The minimum absolute atomic E-state index is 0.629. The second-order valence-corrected chi connectivity index (χ2v) is 5.11. The van der Waals surface area contributed by atoms with Crippen molar-refractivity contribution in [3.05, 3.63) is 23.4 Å². The van der Waals surface area contributed by atoms with Crippen molar-refractivity contribution in [1.29, 1.82) is 5.26 Å². The Kier molecular flexibility index (Phi) is 4.16. The Bertz CT molecular complexity index is 450. The standard InChI is InChI=1S/C14H20N4/c1-11-5-6-13(8-15)14(17-11)16-9-12-4-3-7-18(2)10-12/h5-6,12H,3-4,7,9-10H2,1-2H3,(H,16,17). The number of aryl methyl sites for hydroxylation is 1. The molecule has 1 saturated heterocycles. The highest BCUT2D eigenvalue weighted by Gasteiger charge is 2.17. The van der Waals surface area contributed by atoms with Crippen molar-refractivity contribution in [3.8, 4) is 6.07 Å². The van der Waals surface area contributed by atoms with Crippen LogP contribution in [0.25, 0.3) is 0 Å². The first-order valence-corrected chi connectivity index (χ1v) is 6.49. The Morgan fingerprint density at radius 1 is 1.56 bits per heavy atom. The quantitative estimate of drug-likeness (QED) is 0.883. The van der Waals surface area contributed by atoms with Gasteiger partial charge in [-0.05, 0) is 51.4 Å². The molecule has 0 radical (unpaired) electrons. The molecule has 0 bridgehead atoms. The van der Waals surface area contributed by atoms with Gasteiger partial charge in [-0.3, -0.25) is 0 Å². The minimum Gasteiger partial charge on any atom is -0.369 e. The maximum absolute atomic E-state index is 9.05. The van der Waals surface area contributed by atoms with Gasteiger partial charge in [0.2, 0.25) is 0 Å². The van der Waals surface area contributed by atoms with Crippen LogP contribution in [0.2, 0.25) is 0 Å². The Morgan fingerprint density at radius 3 is 3.11 bits per heavy atom. The summed E-state index contributed by atoms with van der Waals surface area (Å²) in [7, 11) is 2.16. The fourth-order valence-electron chi connectivity index (χ4n) is 2.46. The van der Waals surface area contributed by atoms with Crippen molar-refractivity contribution in [3.63, 3.8) is 0 Å². The number of hydrogen-bond acceptors (Lipinski definition) is 4. The fraction of sp³-hybridized carbons (Fsp3) is 0.571. The summed E-state index contributed by atoms with van der Waals surface area (Å²) in [6.07, 6.45) is 2.51. The number of nitrogens with one attached hydrogen (secondary N) is 1. The normalized spacial score (nSPS) is 20.4. The number of anilines is 1. The molecule has 1 aromatic rings. The zero-order chi connectivity index (χ0) is 13.0. The molecule has 0 amide bonds. The van der Waals surface area contributed by atoms with Gasteiger partial charge in [-0.2, -0.15) is 5.26 Å². The van der Waals surface area contributed by atoms with Gasteiger partial charge in [0.25, 0.3) is 0 Å². The van der Waals surface area contributed by atoms with E-state index in [4.69, 9.17) is 5.26 Å². The highest BCUT2D eigenvalue weighted by atomic mass is 15.1. The first kappa shape index (κ1) is 12.8.